The van der Waals surface area contributed by atoms with Crippen molar-refractivity contribution in [1.29, 1.82) is 0 Å². The van der Waals surface area contributed by atoms with Gasteiger partial charge in [0.2, 0.25) is 0 Å². The third kappa shape index (κ3) is 6.50. The Morgan fingerprint density at radius 2 is 1.88 bits per heavy atom. The lowest BCUT2D eigenvalue weighted by atomic mass is 10.4. The fourth-order valence-electron chi connectivity index (χ4n) is 1.47. The molecule has 90 valence electrons. The summed E-state index contributed by atoms with van der Waals surface area (Å²) in [4.78, 5) is 6.20. The van der Waals surface area contributed by atoms with Crippen LogP contribution in [0.3, 0.4) is 0 Å². The standard InChI is InChI=1S/C7H16N2O.C5H5N/c1-10-7-6-9-4-2-8-3-5-9;1-2-4-6-5-3-1/h8H,2-7H2,1H3;1-5H. The molecule has 1 aliphatic heterocycles. The second-order valence-electron chi connectivity index (χ2n) is 3.61. The van der Waals surface area contributed by atoms with Gasteiger partial charge in [0.15, 0.2) is 0 Å². The van der Waals surface area contributed by atoms with Crippen molar-refractivity contribution < 1.29 is 4.74 Å². The van der Waals surface area contributed by atoms with E-state index in [1.165, 1.54) is 13.1 Å². The maximum Gasteiger partial charge on any atom is 0.0589 e. The van der Waals surface area contributed by atoms with E-state index in [9.17, 15) is 0 Å². The van der Waals surface area contributed by atoms with Crippen molar-refractivity contribution in [2.75, 3.05) is 46.4 Å². The molecule has 0 amide bonds. The first-order valence-electron chi connectivity index (χ1n) is 5.70. The monoisotopic (exact) mass is 223 g/mol. The lowest BCUT2D eigenvalue weighted by molar-refractivity contribution is 0.139. The summed E-state index contributed by atoms with van der Waals surface area (Å²) in [6.07, 6.45) is 3.50. The number of methoxy groups -OCH3 is 1. The van der Waals surface area contributed by atoms with Gasteiger partial charge in [-0.1, -0.05) is 6.07 Å². The van der Waals surface area contributed by atoms with Gasteiger partial charge in [-0.25, -0.2) is 0 Å². The van der Waals surface area contributed by atoms with Gasteiger partial charge >= 0.3 is 0 Å². The maximum atomic E-state index is 4.98. The fraction of sp³-hybridized carbons (Fsp3) is 0.583. The summed E-state index contributed by atoms with van der Waals surface area (Å²) >= 11 is 0. The quantitative estimate of drug-likeness (QED) is 0.815. The molecule has 4 heteroatoms. The molecule has 0 spiro atoms. The van der Waals surface area contributed by atoms with E-state index in [1.807, 2.05) is 18.2 Å². The first kappa shape index (κ1) is 13.1. The average Bonchev–Trinajstić information content (AvgIpc) is 2.40. The van der Waals surface area contributed by atoms with Crippen molar-refractivity contribution in [2.45, 2.75) is 0 Å². The summed E-state index contributed by atoms with van der Waals surface area (Å²) in [5.41, 5.74) is 0. The van der Waals surface area contributed by atoms with Gasteiger partial charge in [-0.15, -0.1) is 0 Å². The molecule has 1 N–H and O–H groups in total. The highest BCUT2D eigenvalue weighted by atomic mass is 16.5. The van der Waals surface area contributed by atoms with Gasteiger partial charge in [-0.3, -0.25) is 9.88 Å². The molecular formula is C12H21N3O. The van der Waals surface area contributed by atoms with Crippen molar-refractivity contribution in [3.8, 4) is 0 Å². The summed E-state index contributed by atoms with van der Waals surface area (Å²) < 4.78 is 4.98. The predicted octanol–water partition coefficient (Wildman–Crippen LogP) is 0.620. The predicted molar refractivity (Wildman–Crippen MR) is 65.4 cm³/mol. The van der Waals surface area contributed by atoms with Crippen LogP contribution in [0.25, 0.3) is 0 Å². The number of nitrogens with one attached hydrogen (secondary N) is 1. The van der Waals surface area contributed by atoms with Gasteiger partial charge in [0.1, 0.15) is 0 Å². The van der Waals surface area contributed by atoms with E-state index < -0.39 is 0 Å². The van der Waals surface area contributed by atoms with E-state index in [0.29, 0.717) is 0 Å². The number of nitrogens with zero attached hydrogens (tertiary/aromatic N) is 2. The molecule has 0 bridgehead atoms. The molecule has 0 atom stereocenters. The summed E-state index contributed by atoms with van der Waals surface area (Å²) in [5.74, 6) is 0. The third-order valence-corrected chi connectivity index (χ3v) is 2.39. The van der Waals surface area contributed by atoms with Crippen LogP contribution in [0, 0.1) is 0 Å². The average molecular weight is 223 g/mol. The van der Waals surface area contributed by atoms with Crippen molar-refractivity contribution >= 4 is 0 Å². The Morgan fingerprint density at radius 1 is 1.19 bits per heavy atom. The summed E-state index contributed by atoms with van der Waals surface area (Å²) in [7, 11) is 1.75. The minimum Gasteiger partial charge on any atom is -0.383 e. The molecule has 0 radical (unpaired) electrons. The Balaban J connectivity index is 0.000000181. The van der Waals surface area contributed by atoms with Crippen molar-refractivity contribution in [3.63, 3.8) is 0 Å². The molecule has 1 fully saturated rings. The first-order valence-corrected chi connectivity index (χ1v) is 5.70. The number of hydrogen-bond donors (Lipinski definition) is 1. The van der Waals surface area contributed by atoms with Gasteiger partial charge in [-0.2, -0.15) is 0 Å². The highest BCUT2D eigenvalue weighted by Gasteiger charge is 2.07. The number of hydrogen-bond acceptors (Lipinski definition) is 4. The number of pyridine rings is 1. The normalized spacial score (nSPS) is 16.3. The number of rotatable bonds is 3. The molecule has 0 unspecified atom stereocenters. The molecule has 1 saturated heterocycles. The topological polar surface area (TPSA) is 37.4 Å². The Kier molecular flexibility index (Phi) is 7.59. The largest absolute Gasteiger partial charge is 0.383 e. The van der Waals surface area contributed by atoms with Gasteiger partial charge in [-0.05, 0) is 12.1 Å². The molecule has 16 heavy (non-hydrogen) atoms. The minimum absolute atomic E-state index is 0.861. The zero-order valence-corrected chi connectivity index (χ0v) is 9.93. The fourth-order valence-corrected chi connectivity index (χ4v) is 1.47. The maximum absolute atomic E-state index is 4.98. The van der Waals surface area contributed by atoms with Crippen LogP contribution in [0.1, 0.15) is 0 Å². The molecule has 1 aromatic rings. The lowest BCUT2D eigenvalue weighted by Gasteiger charge is -2.26. The Bertz CT molecular complexity index is 211. The second kappa shape index (κ2) is 9.27. The van der Waals surface area contributed by atoms with Crippen molar-refractivity contribution in [3.05, 3.63) is 30.6 Å². The zero-order valence-electron chi connectivity index (χ0n) is 9.93. The molecule has 1 aliphatic rings. The Labute approximate surface area is 97.6 Å². The summed E-state index contributed by atoms with van der Waals surface area (Å²) in [6.45, 7) is 6.54. The molecule has 0 aromatic carbocycles. The smallest absolute Gasteiger partial charge is 0.0589 e. The summed E-state index contributed by atoms with van der Waals surface area (Å²) in [5, 5.41) is 3.31. The summed E-state index contributed by atoms with van der Waals surface area (Å²) in [6, 6.07) is 5.72. The van der Waals surface area contributed by atoms with Crippen LogP contribution < -0.4 is 5.32 Å². The van der Waals surface area contributed by atoms with E-state index in [4.69, 9.17) is 4.74 Å². The van der Waals surface area contributed by atoms with Gasteiger partial charge in [0.05, 0.1) is 6.61 Å². The number of piperazine rings is 1. The van der Waals surface area contributed by atoms with Crippen LogP contribution in [-0.2, 0) is 4.74 Å². The van der Waals surface area contributed by atoms with Crippen LogP contribution >= 0.6 is 0 Å². The van der Waals surface area contributed by atoms with E-state index in [-0.39, 0.29) is 0 Å². The van der Waals surface area contributed by atoms with Gasteiger partial charge in [0.25, 0.3) is 0 Å². The zero-order chi connectivity index (χ0) is 11.5. The molecule has 2 heterocycles. The molecule has 0 saturated carbocycles. The molecular weight excluding hydrogens is 202 g/mol. The SMILES string of the molecule is COCCN1CCNCC1.c1ccncc1. The van der Waals surface area contributed by atoms with Crippen LogP contribution in [0.5, 0.6) is 0 Å². The first-order chi connectivity index (χ1) is 7.93. The molecule has 4 nitrogen and oxygen atoms in total. The minimum atomic E-state index is 0.861. The Morgan fingerprint density at radius 3 is 2.31 bits per heavy atom. The van der Waals surface area contributed by atoms with E-state index >= 15 is 0 Å². The lowest BCUT2D eigenvalue weighted by Crippen LogP contribution is -2.44. The van der Waals surface area contributed by atoms with Crippen LogP contribution in [-0.4, -0.2) is 56.3 Å². The third-order valence-electron chi connectivity index (χ3n) is 2.39. The molecule has 0 aliphatic carbocycles. The highest BCUT2D eigenvalue weighted by Crippen LogP contribution is 1.90. The van der Waals surface area contributed by atoms with Crippen molar-refractivity contribution in [1.82, 2.24) is 15.2 Å². The number of aromatic nitrogens is 1. The molecule has 2 rings (SSSR count). The van der Waals surface area contributed by atoms with Crippen molar-refractivity contribution in [2.24, 2.45) is 0 Å². The molecule has 1 aromatic heterocycles. The van der Waals surface area contributed by atoms with Crippen LogP contribution in [0.4, 0.5) is 0 Å². The van der Waals surface area contributed by atoms with E-state index in [2.05, 4.69) is 15.2 Å². The second-order valence-corrected chi connectivity index (χ2v) is 3.61. The number of ether oxygens (including phenoxy) is 1. The van der Waals surface area contributed by atoms with E-state index in [0.717, 1.165) is 26.2 Å². The van der Waals surface area contributed by atoms with E-state index in [1.54, 1.807) is 19.5 Å². The van der Waals surface area contributed by atoms with Crippen LogP contribution in [0.15, 0.2) is 30.6 Å². The highest BCUT2D eigenvalue weighted by molar-refractivity contribution is 4.88. The Hall–Kier alpha value is -0.970. The van der Waals surface area contributed by atoms with Gasteiger partial charge < -0.3 is 10.1 Å². The van der Waals surface area contributed by atoms with Crippen LogP contribution in [0.2, 0.25) is 0 Å². The van der Waals surface area contributed by atoms with Gasteiger partial charge in [0, 0.05) is 52.2 Å².